The lowest BCUT2D eigenvalue weighted by molar-refractivity contribution is 0.209. The first-order valence-electron chi connectivity index (χ1n) is 2.84. The Balaban J connectivity index is 2.65. The summed E-state index contributed by atoms with van der Waals surface area (Å²) in [6, 6.07) is 0. The Hall–Kier alpha value is -1.14. The third-order valence-corrected chi connectivity index (χ3v) is 1.76. The van der Waals surface area contributed by atoms with Crippen molar-refractivity contribution < 1.29 is 9.53 Å². The predicted octanol–water partition coefficient (Wildman–Crippen LogP) is 0.0593. The van der Waals surface area contributed by atoms with Crippen LogP contribution in [0, 0.1) is 0 Å². The van der Waals surface area contributed by atoms with E-state index in [1.165, 1.54) is 11.3 Å². The van der Waals surface area contributed by atoms with Gasteiger partial charge in [0.05, 0.1) is 5.38 Å². The van der Waals surface area contributed by atoms with Gasteiger partial charge in [0.25, 0.3) is 0 Å². The summed E-state index contributed by atoms with van der Waals surface area (Å²) < 4.78 is 4.48. The second kappa shape index (κ2) is 3.31. The number of ether oxygens (including phenoxy) is 1. The molecule has 1 rings (SSSR count). The fraction of sp³-hybridized carbons (Fsp3) is 0.200. The Bertz CT molecular complexity index is 260. The molecular weight excluding hydrogens is 166 g/mol. The summed E-state index contributed by atoms with van der Waals surface area (Å²) in [6.45, 7) is 0.340. The molecule has 0 saturated heterocycles. The Morgan fingerprint density at radius 3 is 3.00 bits per heavy atom. The van der Waals surface area contributed by atoms with Gasteiger partial charge in [0.1, 0.15) is 5.01 Å². The molecule has 1 heterocycles. The summed E-state index contributed by atoms with van der Waals surface area (Å²) in [7, 11) is 0. The molecule has 0 aliphatic rings. The Kier molecular flexibility index (Phi) is 2.40. The molecule has 6 heteroatoms. The fourth-order valence-corrected chi connectivity index (χ4v) is 1.11. The molecule has 0 spiro atoms. The molecule has 0 radical (unpaired) electrons. The van der Waals surface area contributed by atoms with Gasteiger partial charge in [-0.1, -0.05) is 0 Å². The van der Waals surface area contributed by atoms with Gasteiger partial charge in [-0.3, -0.25) is 0 Å². The van der Waals surface area contributed by atoms with Crippen molar-refractivity contribution in [2.45, 2.75) is 6.54 Å². The quantitative estimate of drug-likeness (QED) is 0.661. The van der Waals surface area contributed by atoms with Gasteiger partial charge in [-0.15, -0.1) is 11.3 Å². The van der Waals surface area contributed by atoms with Crippen molar-refractivity contribution >= 4 is 17.4 Å². The zero-order chi connectivity index (χ0) is 8.27. The van der Waals surface area contributed by atoms with Gasteiger partial charge in [0, 0.05) is 6.54 Å². The van der Waals surface area contributed by atoms with E-state index in [-0.39, 0.29) is 5.88 Å². The van der Waals surface area contributed by atoms with Gasteiger partial charge in [0.15, 0.2) is 0 Å². The van der Waals surface area contributed by atoms with E-state index in [1.54, 1.807) is 5.38 Å². The van der Waals surface area contributed by atoms with E-state index < -0.39 is 6.09 Å². The molecule has 4 N–H and O–H groups in total. The maximum atomic E-state index is 10.2. The highest BCUT2D eigenvalue weighted by molar-refractivity contribution is 7.09. The van der Waals surface area contributed by atoms with Crippen molar-refractivity contribution in [2.75, 3.05) is 0 Å². The van der Waals surface area contributed by atoms with E-state index in [0.717, 1.165) is 0 Å². The monoisotopic (exact) mass is 173 g/mol. The van der Waals surface area contributed by atoms with Crippen molar-refractivity contribution in [3.8, 4) is 5.88 Å². The first-order valence-corrected chi connectivity index (χ1v) is 3.72. The molecule has 0 aromatic carbocycles. The average molecular weight is 173 g/mol. The Morgan fingerprint density at radius 2 is 2.55 bits per heavy atom. The summed E-state index contributed by atoms with van der Waals surface area (Å²) in [6.07, 6.45) is -0.862. The largest absolute Gasteiger partial charge is 0.411 e. The number of hydrogen-bond donors (Lipinski definition) is 2. The van der Waals surface area contributed by atoms with Gasteiger partial charge in [-0.25, -0.2) is 9.78 Å². The lowest BCUT2D eigenvalue weighted by atomic mass is 10.7. The number of carbonyl (C=O) groups excluding carboxylic acids is 1. The zero-order valence-electron chi connectivity index (χ0n) is 5.61. The standard InChI is InChI=1S/C5H7N3O2S/c6-1-4-8-3(2-11-4)10-5(7)9/h2H,1,6H2,(H2,7,9). The van der Waals surface area contributed by atoms with Crippen molar-refractivity contribution in [2.24, 2.45) is 11.5 Å². The van der Waals surface area contributed by atoms with Crippen molar-refractivity contribution in [3.63, 3.8) is 0 Å². The van der Waals surface area contributed by atoms with Gasteiger partial charge in [0.2, 0.25) is 5.88 Å². The second-order valence-corrected chi connectivity index (χ2v) is 2.65. The minimum absolute atomic E-state index is 0.211. The van der Waals surface area contributed by atoms with Gasteiger partial charge in [-0.05, 0) is 0 Å². The van der Waals surface area contributed by atoms with Crippen LogP contribution in [-0.4, -0.2) is 11.1 Å². The third kappa shape index (κ3) is 2.17. The fourth-order valence-electron chi connectivity index (χ4n) is 0.538. The molecule has 1 aromatic rings. The molecule has 5 nitrogen and oxygen atoms in total. The highest BCUT2D eigenvalue weighted by Crippen LogP contribution is 2.15. The average Bonchev–Trinajstić information content (AvgIpc) is 2.34. The van der Waals surface area contributed by atoms with Crippen LogP contribution in [0.1, 0.15) is 5.01 Å². The summed E-state index contributed by atoms with van der Waals surface area (Å²) >= 11 is 1.32. The lowest BCUT2D eigenvalue weighted by Gasteiger charge is -1.91. The number of rotatable bonds is 2. The molecule has 0 bridgehead atoms. The minimum atomic E-state index is -0.862. The Morgan fingerprint density at radius 1 is 1.82 bits per heavy atom. The molecule has 0 aliphatic heterocycles. The highest BCUT2D eigenvalue weighted by atomic mass is 32.1. The number of hydrogen-bond acceptors (Lipinski definition) is 5. The number of carbonyl (C=O) groups is 1. The number of aromatic nitrogens is 1. The predicted molar refractivity (Wildman–Crippen MR) is 40.2 cm³/mol. The van der Waals surface area contributed by atoms with Gasteiger partial charge in [-0.2, -0.15) is 0 Å². The van der Waals surface area contributed by atoms with Crippen LogP contribution in [0.3, 0.4) is 0 Å². The van der Waals surface area contributed by atoms with Gasteiger partial charge < -0.3 is 16.2 Å². The number of amides is 1. The first-order chi connectivity index (χ1) is 5.22. The second-order valence-electron chi connectivity index (χ2n) is 1.70. The smallest absolute Gasteiger partial charge is 0.390 e. The molecule has 0 fully saturated rings. The van der Waals surface area contributed by atoms with E-state index in [4.69, 9.17) is 11.5 Å². The SMILES string of the molecule is NCc1nc(OC(N)=O)cs1. The zero-order valence-corrected chi connectivity index (χ0v) is 6.43. The topological polar surface area (TPSA) is 91.2 Å². The maximum Gasteiger partial charge on any atom is 0.411 e. The van der Waals surface area contributed by atoms with E-state index in [0.29, 0.717) is 11.6 Å². The van der Waals surface area contributed by atoms with E-state index in [2.05, 4.69) is 9.72 Å². The van der Waals surface area contributed by atoms with Crippen LogP contribution >= 0.6 is 11.3 Å². The number of nitrogens with two attached hydrogens (primary N) is 2. The van der Waals surface area contributed by atoms with Crippen LogP contribution < -0.4 is 16.2 Å². The molecule has 11 heavy (non-hydrogen) atoms. The number of nitrogens with zero attached hydrogens (tertiary/aromatic N) is 1. The van der Waals surface area contributed by atoms with Crippen LogP contribution in [0.2, 0.25) is 0 Å². The maximum absolute atomic E-state index is 10.2. The summed E-state index contributed by atoms with van der Waals surface area (Å²) in [5.74, 6) is 0.211. The minimum Gasteiger partial charge on any atom is -0.390 e. The van der Waals surface area contributed by atoms with Crippen LogP contribution in [0.25, 0.3) is 0 Å². The molecule has 0 unspecified atom stereocenters. The number of thiazole rings is 1. The van der Waals surface area contributed by atoms with Crippen LogP contribution in [0.15, 0.2) is 5.38 Å². The first kappa shape index (κ1) is 7.96. The van der Waals surface area contributed by atoms with Gasteiger partial charge >= 0.3 is 6.09 Å². The van der Waals surface area contributed by atoms with Crippen molar-refractivity contribution in [3.05, 3.63) is 10.4 Å². The number of primary amides is 1. The molecular formula is C5H7N3O2S. The molecule has 1 aromatic heterocycles. The summed E-state index contributed by atoms with van der Waals surface area (Å²) in [4.78, 5) is 14.0. The molecule has 0 saturated carbocycles. The summed E-state index contributed by atoms with van der Waals surface area (Å²) in [5, 5.41) is 2.29. The highest BCUT2D eigenvalue weighted by Gasteiger charge is 2.02. The lowest BCUT2D eigenvalue weighted by Crippen LogP contribution is -2.16. The molecule has 60 valence electrons. The van der Waals surface area contributed by atoms with Crippen molar-refractivity contribution in [1.82, 2.24) is 4.98 Å². The Labute approximate surface area is 67.0 Å². The van der Waals surface area contributed by atoms with Crippen LogP contribution in [0.5, 0.6) is 5.88 Å². The van der Waals surface area contributed by atoms with E-state index in [1.807, 2.05) is 0 Å². The summed E-state index contributed by atoms with van der Waals surface area (Å²) in [5.41, 5.74) is 10.0. The van der Waals surface area contributed by atoms with Crippen molar-refractivity contribution in [1.29, 1.82) is 0 Å². The third-order valence-electron chi connectivity index (χ3n) is 0.910. The van der Waals surface area contributed by atoms with E-state index in [9.17, 15) is 4.79 Å². The molecule has 0 aliphatic carbocycles. The van der Waals surface area contributed by atoms with Crippen LogP contribution in [-0.2, 0) is 6.54 Å². The molecule has 1 amide bonds. The van der Waals surface area contributed by atoms with E-state index >= 15 is 0 Å². The normalized spacial score (nSPS) is 9.55. The molecule has 0 atom stereocenters. The van der Waals surface area contributed by atoms with Crippen LogP contribution in [0.4, 0.5) is 4.79 Å².